The van der Waals surface area contributed by atoms with Crippen LogP contribution in [0.25, 0.3) is 83.9 Å². The summed E-state index contributed by atoms with van der Waals surface area (Å²) in [7, 11) is 0. The van der Waals surface area contributed by atoms with E-state index in [4.69, 9.17) is 30.0 Å². The highest BCUT2D eigenvalue weighted by molar-refractivity contribution is 6.17. The molecule has 7 aromatic carbocycles. The van der Waals surface area contributed by atoms with Gasteiger partial charge in [0.1, 0.15) is 0 Å². The Morgan fingerprint density at radius 1 is 0.519 bits per heavy atom. The summed E-state index contributed by atoms with van der Waals surface area (Å²) in [4.78, 5) is 14.8. The maximum Gasteiger partial charge on any atom is 0.238 e. The molecule has 10 rings (SSSR count). The molecule has 0 unspecified atom stereocenters. The Morgan fingerprint density at radius 3 is 1.75 bits per heavy atom. The van der Waals surface area contributed by atoms with Crippen LogP contribution in [0.5, 0.6) is 0 Å². The van der Waals surface area contributed by atoms with Gasteiger partial charge in [0.15, 0.2) is 11.6 Å². The molecule has 1 aliphatic carbocycles. The van der Waals surface area contributed by atoms with Crippen LogP contribution in [-0.4, -0.2) is 19.5 Å². The summed E-state index contributed by atoms with van der Waals surface area (Å²) < 4.78 is 146. The van der Waals surface area contributed by atoms with E-state index in [0.29, 0.717) is 11.1 Å². The first-order valence-electron chi connectivity index (χ1n) is 24.5. The predicted octanol–water partition coefficient (Wildman–Crippen LogP) is 11.9. The van der Waals surface area contributed by atoms with Crippen molar-refractivity contribution in [3.8, 4) is 62.1 Å². The van der Waals surface area contributed by atoms with Crippen LogP contribution in [0.1, 0.15) is 46.8 Å². The second-order valence-corrected chi connectivity index (χ2v) is 12.5. The Hall–Kier alpha value is -6.65. The summed E-state index contributed by atoms with van der Waals surface area (Å²) in [6.45, 7) is -7.30. The smallest absolute Gasteiger partial charge is 0.238 e. The summed E-state index contributed by atoms with van der Waals surface area (Å²) in [5.41, 5.74) is -2.40. The van der Waals surface area contributed by atoms with Crippen molar-refractivity contribution in [1.29, 1.82) is 0 Å². The molecule has 246 valence electrons. The lowest BCUT2D eigenvalue weighted by molar-refractivity contribution is 0.661. The Kier molecular flexibility index (Phi) is 4.06. The van der Waals surface area contributed by atoms with Crippen LogP contribution in [-0.2, 0) is 5.41 Å². The molecule has 9 aromatic rings. The van der Waals surface area contributed by atoms with E-state index < -0.39 is 102 Å². The van der Waals surface area contributed by atoms with Crippen LogP contribution in [0.4, 0.5) is 0 Å². The molecular formula is C48H34N4. The molecule has 0 saturated carbocycles. The van der Waals surface area contributed by atoms with E-state index in [-0.39, 0.29) is 39.4 Å². The van der Waals surface area contributed by atoms with Crippen molar-refractivity contribution in [3.05, 3.63) is 181 Å². The molecule has 0 saturated heterocycles. The van der Waals surface area contributed by atoms with Crippen LogP contribution in [0.15, 0.2) is 170 Å². The molecule has 0 aliphatic heterocycles. The molecule has 0 fully saturated rings. The maximum absolute atomic E-state index is 9.76. The lowest BCUT2D eigenvalue weighted by Gasteiger charge is -2.21. The van der Waals surface area contributed by atoms with E-state index in [1.165, 1.54) is 0 Å². The molecule has 0 amide bonds. The maximum atomic E-state index is 9.76. The summed E-state index contributed by atoms with van der Waals surface area (Å²) >= 11 is 0. The first-order valence-corrected chi connectivity index (χ1v) is 16.5. The van der Waals surface area contributed by atoms with Crippen molar-refractivity contribution >= 4 is 21.8 Å². The summed E-state index contributed by atoms with van der Waals surface area (Å²) in [5, 5.41) is -0.716. The van der Waals surface area contributed by atoms with Crippen molar-refractivity contribution in [2.75, 3.05) is 0 Å². The highest BCUT2D eigenvalue weighted by atomic mass is 15.2. The van der Waals surface area contributed by atoms with Gasteiger partial charge in [-0.15, -0.1) is 0 Å². The number of para-hydroxylation sites is 1. The molecule has 0 atom stereocenters. The molecule has 0 spiro atoms. The molecule has 4 heteroatoms. The van der Waals surface area contributed by atoms with E-state index in [2.05, 4.69) is 0 Å². The number of fused-ring (bicyclic) bond motifs is 7. The average molecular weight is 683 g/mol. The van der Waals surface area contributed by atoms with Crippen LogP contribution in [0, 0.1) is 0 Å². The first-order chi connectivity index (χ1) is 32.2. The predicted molar refractivity (Wildman–Crippen MR) is 213 cm³/mol. The summed E-state index contributed by atoms with van der Waals surface area (Å²) in [6, 6.07) is 25.5. The third-order valence-corrected chi connectivity index (χ3v) is 9.37. The zero-order valence-corrected chi connectivity index (χ0v) is 27.2. The summed E-state index contributed by atoms with van der Waals surface area (Å²) in [6.07, 6.45) is 0. The van der Waals surface area contributed by atoms with E-state index in [0.717, 1.165) is 26.8 Å². The Labute approximate surface area is 325 Å². The number of rotatable bonds is 5. The topological polar surface area (TPSA) is 43.6 Å². The van der Waals surface area contributed by atoms with Gasteiger partial charge in [-0.05, 0) is 68.7 Å². The Balaban J connectivity index is 1.41. The second-order valence-electron chi connectivity index (χ2n) is 12.5. The molecule has 0 radical (unpaired) electrons. The Morgan fingerprint density at radius 2 is 1.10 bits per heavy atom. The van der Waals surface area contributed by atoms with Gasteiger partial charge in [-0.25, -0.2) is 4.98 Å². The van der Waals surface area contributed by atoms with Gasteiger partial charge in [-0.2, -0.15) is 9.97 Å². The molecule has 1 aliphatic rings. The fraction of sp³-hybridized carbons (Fsp3) is 0.0625. The van der Waals surface area contributed by atoms with Crippen LogP contribution < -0.4 is 0 Å². The van der Waals surface area contributed by atoms with Crippen molar-refractivity contribution in [1.82, 2.24) is 19.5 Å². The molecule has 52 heavy (non-hydrogen) atoms. The number of hydrogen-bond donors (Lipinski definition) is 0. The van der Waals surface area contributed by atoms with Crippen molar-refractivity contribution in [2.24, 2.45) is 0 Å². The molecule has 2 heterocycles. The minimum absolute atomic E-state index is 0.0887. The quantitative estimate of drug-likeness (QED) is 0.181. The minimum atomic E-state index is -3.65. The van der Waals surface area contributed by atoms with Gasteiger partial charge in [0, 0.05) is 35.5 Å². The Bertz CT molecular complexity index is 3490. The third kappa shape index (κ3) is 4.72. The molecular weight excluding hydrogens is 633 g/mol. The average Bonchev–Trinajstić information content (AvgIpc) is 3.87. The van der Waals surface area contributed by atoms with Crippen LogP contribution >= 0.6 is 0 Å². The minimum Gasteiger partial charge on any atom is -0.278 e. The number of benzene rings is 7. The number of hydrogen-bond acceptors (Lipinski definition) is 3. The van der Waals surface area contributed by atoms with E-state index in [1.54, 1.807) is 12.1 Å². The first kappa shape index (κ1) is 18.0. The molecule has 4 nitrogen and oxygen atoms in total. The zero-order chi connectivity index (χ0) is 48.5. The van der Waals surface area contributed by atoms with Gasteiger partial charge in [0.25, 0.3) is 0 Å². The SMILES string of the molecule is [2H]c1c([2H])c([2H])c2c(c1[2H])-c1c(c([2H])c([2H])c3c1c1c([2H])c([2H])c([2H])c([2H])c1n3-c1nc(-c3cccc(-c4ccccc4)c3)nc(-c3cccc(-c4ccccc4)c3)n1)C2(C([2H])([2H])[2H])C([2H])([2H])[2H]. The lowest BCUT2D eigenvalue weighted by atomic mass is 9.82. The van der Waals surface area contributed by atoms with Crippen molar-refractivity contribution in [3.63, 3.8) is 0 Å². The van der Waals surface area contributed by atoms with Gasteiger partial charge in [-0.1, -0.05) is 159 Å². The van der Waals surface area contributed by atoms with Crippen molar-refractivity contribution in [2.45, 2.75) is 19.1 Å². The van der Waals surface area contributed by atoms with Crippen LogP contribution in [0.3, 0.4) is 0 Å². The van der Waals surface area contributed by atoms with Gasteiger partial charge in [0.2, 0.25) is 5.95 Å². The van der Waals surface area contributed by atoms with Gasteiger partial charge in [0.05, 0.1) is 24.7 Å². The summed E-state index contributed by atoms with van der Waals surface area (Å²) in [5.74, 6) is -0.124. The fourth-order valence-electron chi connectivity index (χ4n) is 6.96. The van der Waals surface area contributed by atoms with Gasteiger partial charge in [-0.3, -0.25) is 4.57 Å². The fourth-order valence-corrected chi connectivity index (χ4v) is 6.96. The van der Waals surface area contributed by atoms with Crippen LogP contribution in [0.2, 0.25) is 0 Å². The molecule has 2 aromatic heterocycles. The van der Waals surface area contributed by atoms with E-state index in [1.807, 2.05) is 97.1 Å². The standard InChI is InChI=1S/C48H34N4/c1-48(2)39-25-11-9-23-37(39)43-40(48)27-28-42-44(43)38-24-10-12-26-41(38)52(42)47-50-45(35-21-13-19-33(29-35)31-15-5-3-6-16-31)49-46(51-47)36-22-14-20-34(30-36)32-17-7-4-8-18-32/h3-30H,1-2H3/i1D3,2D3,9D,10D,11D,12D,23D,24D,25D,26D,27D,28D. The zero-order valence-electron chi connectivity index (χ0n) is 43.2. The van der Waals surface area contributed by atoms with E-state index in [9.17, 15) is 6.85 Å². The highest BCUT2D eigenvalue weighted by Crippen LogP contribution is 2.53. The third-order valence-electron chi connectivity index (χ3n) is 9.37. The van der Waals surface area contributed by atoms with Gasteiger partial charge < -0.3 is 0 Å². The number of aromatic nitrogens is 4. The van der Waals surface area contributed by atoms with Crippen molar-refractivity contribution < 1.29 is 21.9 Å². The monoisotopic (exact) mass is 682 g/mol. The number of nitrogens with zero attached hydrogens (tertiary/aromatic N) is 4. The lowest BCUT2D eigenvalue weighted by Crippen LogP contribution is -2.14. The normalized spacial score (nSPS) is 17.8. The highest BCUT2D eigenvalue weighted by Gasteiger charge is 2.37. The molecule has 0 bridgehead atoms. The van der Waals surface area contributed by atoms with E-state index >= 15 is 0 Å². The second kappa shape index (κ2) is 11.7. The molecule has 0 N–H and O–H groups in total. The van der Waals surface area contributed by atoms with Gasteiger partial charge >= 0.3 is 0 Å². The largest absolute Gasteiger partial charge is 0.278 e.